The predicted octanol–water partition coefficient (Wildman–Crippen LogP) is 3.31. The average molecular weight is 282 g/mol. The summed E-state index contributed by atoms with van der Waals surface area (Å²) in [5.41, 5.74) is -0.679. The van der Waals surface area contributed by atoms with Gasteiger partial charge in [-0.25, -0.2) is 14.4 Å². The summed E-state index contributed by atoms with van der Waals surface area (Å²) in [6, 6.07) is 6.28. The van der Waals surface area contributed by atoms with Crippen LogP contribution in [-0.2, 0) is 0 Å². The Morgan fingerprint density at radius 3 is 2.26 bits per heavy atom. The van der Waals surface area contributed by atoms with Crippen LogP contribution in [0.25, 0.3) is 0 Å². The van der Waals surface area contributed by atoms with E-state index in [4.69, 9.17) is 9.47 Å². The van der Waals surface area contributed by atoms with Crippen LogP contribution in [0.4, 0.5) is 4.39 Å². The molecule has 1 aromatic carbocycles. The Morgan fingerprint density at radius 2 is 1.79 bits per heavy atom. The largest absolute Gasteiger partial charge is 0.442 e. The molecule has 2 heterocycles. The quantitative estimate of drug-likeness (QED) is 0.753. The van der Waals surface area contributed by atoms with Gasteiger partial charge in [-0.15, -0.1) is 0 Å². The van der Waals surface area contributed by atoms with Gasteiger partial charge in [0.2, 0.25) is 5.75 Å². The Morgan fingerprint density at radius 1 is 1.11 bits per heavy atom. The molecule has 102 valence electrons. The first kappa shape index (κ1) is 15.2. The number of para-hydroxylation sites is 1. The smallest absolute Gasteiger partial charge is 0.288 e. The van der Waals surface area contributed by atoms with E-state index in [1.54, 1.807) is 30.6 Å². The van der Waals surface area contributed by atoms with E-state index in [1.165, 1.54) is 12.4 Å². The van der Waals surface area contributed by atoms with E-state index in [0.717, 1.165) is 0 Å². The van der Waals surface area contributed by atoms with E-state index in [-0.39, 0.29) is 5.75 Å². The highest BCUT2D eigenvalue weighted by Gasteiger charge is 2.23. The molecule has 0 saturated carbocycles. The molecule has 19 heavy (non-hydrogen) atoms. The third-order valence-corrected chi connectivity index (χ3v) is 2.07. The zero-order valence-corrected chi connectivity index (χ0v) is 11.5. The van der Waals surface area contributed by atoms with Gasteiger partial charge in [-0.2, -0.15) is 0 Å². The van der Waals surface area contributed by atoms with E-state index in [0.29, 0.717) is 5.75 Å². The number of halogens is 1. The fourth-order valence-corrected chi connectivity index (χ4v) is 1.40. The van der Waals surface area contributed by atoms with E-state index < -0.39 is 11.4 Å². The lowest BCUT2D eigenvalue weighted by Crippen LogP contribution is -2.08. The van der Waals surface area contributed by atoms with Crippen molar-refractivity contribution in [3.63, 3.8) is 0 Å². The first-order valence-electron chi connectivity index (χ1n) is 5.77. The van der Waals surface area contributed by atoms with Crippen LogP contribution in [0, 0.1) is 5.82 Å². The number of aromatic nitrogens is 2. The minimum absolute atomic E-state index is 0.146. The summed E-state index contributed by atoms with van der Waals surface area (Å²) in [6.07, 6.45) is 4.88. The lowest BCUT2D eigenvalue weighted by Gasteiger charge is -1.98. The second-order valence-corrected chi connectivity index (χ2v) is 3.44. The number of benzene rings is 1. The van der Waals surface area contributed by atoms with Gasteiger partial charge in [0.15, 0.2) is 11.6 Å². The molecule has 1 aliphatic rings. The molecule has 0 bridgehead atoms. The Hall–Kier alpha value is -1.82. The molecule has 0 spiro atoms. The number of nitrogens with zero attached hydrogens (tertiary/aromatic N) is 2. The summed E-state index contributed by atoms with van der Waals surface area (Å²) < 4.78 is 22.7. The number of thiol groups is 1. The summed E-state index contributed by atoms with van der Waals surface area (Å²) >= 11 is 3.87. The fraction of sp³-hybridized carbons (Fsp3) is 0.231. The lowest BCUT2D eigenvalue weighted by molar-refractivity contribution is 0.135. The highest BCUT2D eigenvalue weighted by Crippen LogP contribution is 2.37. The molecule has 1 aromatic heterocycles. The van der Waals surface area contributed by atoms with Gasteiger partial charge in [-0.3, -0.25) is 0 Å². The van der Waals surface area contributed by atoms with Gasteiger partial charge in [0.05, 0.1) is 0 Å². The normalized spacial score (nSPS) is 14.6. The Labute approximate surface area is 117 Å². The van der Waals surface area contributed by atoms with Crippen LogP contribution in [0.15, 0.2) is 43.0 Å². The number of ether oxygens (including phenoxy) is 2. The van der Waals surface area contributed by atoms with Gasteiger partial charge < -0.3 is 9.47 Å². The van der Waals surface area contributed by atoms with Gasteiger partial charge in [0.1, 0.15) is 6.33 Å². The molecule has 2 aromatic rings. The maximum Gasteiger partial charge on any atom is 0.288 e. The van der Waals surface area contributed by atoms with Gasteiger partial charge >= 0.3 is 0 Å². The molecule has 0 fully saturated rings. The Kier molecular flexibility index (Phi) is 6.67. The van der Waals surface area contributed by atoms with Gasteiger partial charge in [-0.05, 0) is 18.2 Å². The van der Waals surface area contributed by atoms with Crippen LogP contribution < -0.4 is 9.47 Å². The van der Waals surface area contributed by atoms with Gasteiger partial charge in [0, 0.05) is 12.4 Å². The van der Waals surface area contributed by atoms with Crippen LogP contribution >= 0.6 is 12.6 Å². The zero-order chi connectivity index (χ0) is 14.1. The van der Waals surface area contributed by atoms with Crippen molar-refractivity contribution in [1.29, 1.82) is 0 Å². The summed E-state index contributed by atoms with van der Waals surface area (Å²) in [4.78, 5) is 7.35. The number of fused-ring (bicyclic) bond motifs is 1. The molecule has 0 saturated heterocycles. The molecule has 0 N–H and O–H groups in total. The number of hydrogen-bond donors (Lipinski definition) is 1. The molecule has 1 atom stereocenters. The molecule has 1 aliphatic heterocycles. The zero-order valence-electron chi connectivity index (χ0n) is 10.7. The topological polar surface area (TPSA) is 44.2 Å². The highest BCUT2D eigenvalue weighted by atomic mass is 32.1. The molecule has 0 aliphatic carbocycles. The summed E-state index contributed by atoms with van der Waals surface area (Å²) in [5.74, 6) is 0.136. The maximum atomic E-state index is 12.8. The van der Waals surface area contributed by atoms with E-state index in [1.807, 2.05) is 13.8 Å². The van der Waals surface area contributed by atoms with Crippen LogP contribution in [0.5, 0.6) is 11.5 Å². The third-order valence-electron chi connectivity index (χ3n) is 1.85. The average Bonchev–Trinajstić information content (AvgIpc) is 2.86. The van der Waals surface area contributed by atoms with Crippen molar-refractivity contribution in [2.75, 3.05) is 0 Å². The fourth-order valence-electron chi connectivity index (χ4n) is 1.18. The maximum absolute atomic E-state index is 12.8. The standard InChI is InChI=1S/C7H5FO2S.C4H4N2.C2H6/c8-4-2-1-3-5-6(4)10-7(11)9-5;1-2-5-4-6-3-1;1-2/h1-3,7,11H;1-4H;1-2H3. The molecule has 1 unspecified atom stereocenters. The molecule has 3 rings (SSSR count). The first-order chi connectivity index (χ1) is 9.27. The second-order valence-electron chi connectivity index (χ2n) is 3.01. The molecule has 4 nitrogen and oxygen atoms in total. The van der Waals surface area contributed by atoms with Crippen LogP contribution in [0.3, 0.4) is 0 Å². The highest BCUT2D eigenvalue weighted by molar-refractivity contribution is 7.80. The van der Waals surface area contributed by atoms with Crippen molar-refractivity contribution >= 4 is 12.6 Å². The van der Waals surface area contributed by atoms with Crippen molar-refractivity contribution in [3.8, 4) is 11.5 Å². The Balaban J connectivity index is 0.000000192. The Bertz CT molecular complexity index is 459. The third kappa shape index (κ3) is 4.75. The molecular formula is C13H15FN2O2S. The minimum atomic E-state index is -0.679. The van der Waals surface area contributed by atoms with E-state index >= 15 is 0 Å². The SMILES string of the molecule is CC.Fc1cccc2c1OC(S)O2.c1cncnc1. The number of hydrogen-bond acceptors (Lipinski definition) is 5. The summed E-state index contributed by atoms with van der Waals surface area (Å²) in [7, 11) is 0. The van der Waals surface area contributed by atoms with E-state index in [2.05, 4.69) is 22.6 Å². The predicted molar refractivity (Wildman–Crippen MR) is 73.8 cm³/mol. The van der Waals surface area contributed by atoms with E-state index in [9.17, 15) is 4.39 Å². The van der Waals surface area contributed by atoms with Crippen molar-refractivity contribution in [3.05, 3.63) is 48.8 Å². The monoisotopic (exact) mass is 282 g/mol. The van der Waals surface area contributed by atoms with Crippen LogP contribution in [-0.4, -0.2) is 15.6 Å². The van der Waals surface area contributed by atoms with Crippen molar-refractivity contribution in [2.45, 2.75) is 19.5 Å². The number of rotatable bonds is 0. The molecular weight excluding hydrogens is 267 g/mol. The molecule has 6 heteroatoms. The van der Waals surface area contributed by atoms with Gasteiger partial charge in [-0.1, -0.05) is 32.5 Å². The summed E-state index contributed by atoms with van der Waals surface area (Å²) in [6.45, 7) is 4.00. The van der Waals surface area contributed by atoms with Crippen LogP contribution in [0.1, 0.15) is 13.8 Å². The minimum Gasteiger partial charge on any atom is -0.442 e. The molecule has 0 amide bonds. The summed E-state index contributed by atoms with van der Waals surface area (Å²) in [5, 5.41) is 0. The van der Waals surface area contributed by atoms with Crippen LogP contribution in [0.2, 0.25) is 0 Å². The van der Waals surface area contributed by atoms with Gasteiger partial charge in [0.25, 0.3) is 5.62 Å². The second kappa shape index (κ2) is 8.31. The first-order valence-corrected chi connectivity index (χ1v) is 6.29. The van der Waals surface area contributed by atoms with Crippen molar-refractivity contribution < 1.29 is 13.9 Å². The van der Waals surface area contributed by atoms with Crippen molar-refractivity contribution in [2.24, 2.45) is 0 Å². The molecule has 0 radical (unpaired) electrons. The lowest BCUT2D eigenvalue weighted by atomic mass is 10.3. The van der Waals surface area contributed by atoms with Crippen molar-refractivity contribution in [1.82, 2.24) is 9.97 Å².